The first-order valence-electron chi connectivity index (χ1n) is 28.8. The van der Waals surface area contributed by atoms with Crippen LogP contribution in [0.5, 0.6) is 0 Å². The fraction of sp³-hybridized carbons (Fsp3) is 0. The Morgan fingerprint density at radius 3 is 1.12 bits per heavy atom. The Hall–Kier alpha value is -12.6. The number of hydrogen-bond donors (Lipinski definition) is 0. The van der Waals surface area contributed by atoms with E-state index in [1.807, 2.05) is 132 Å². The van der Waals surface area contributed by atoms with Crippen LogP contribution in [-0.2, 0) is 0 Å². The van der Waals surface area contributed by atoms with Crippen molar-refractivity contribution in [2.45, 2.75) is 0 Å². The first-order chi connectivity index (χ1) is 43.7. The Bertz CT molecular complexity index is 5980. The van der Waals surface area contributed by atoms with Crippen molar-refractivity contribution in [3.63, 3.8) is 0 Å². The van der Waals surface area contributed by atoms with Crippen LogP contribution in [0.15, 0.2) is 232 Å². The predicted octanol–water partition coefficient (Wildman–Crippen LogP) is 15.4. The number of hydrogen-bond acceptors (Lipinski definition) is 12. The zero-order valence-electron chi connectivity index (χ0n) is 46.1. The molecular weight excluding hydrogens is 1090 g/mol. The lowest BCUT2D eigenvalue weighted by Crippen LogP contribution is -2.05. The highest BCUT2D eigenvalue weighted by atomic mass is 15.2. The van der Waals surface area contributed by atoms with Crippen LogP contribution in [0.4, 0.5) is 0 Å². The highest BCUT2D eigenvalue weighted by Crippen LogP contribution is 2.41. The van der Waals surface area contributed by atoms with Crippen LogP contribution in [-0.4, -0.2) is 78.1 Å². The van der Waals surface area contributed by atoms with E-state index in [4.69, 9.17) is 54.8 Å². The van der Waals surface area contributed by atoms with Crippen molar-refractivity contribution in [1.82, 2.24) is 78.1 Å². The van der Waals surface area contributed by atoms with Crippen molar-refractivity contribution in [3.8, 4) is 35.1 Å². The maximum absolute atomic E-state index is 5.47. The summed E-state index contributed by atoms with van der Waals surface area (Å²) in [6, 6.07) is 60.2. The van der Waals surface area contributed by atoms with E-state index in [1.165, 1.54) is 0 Å². The van der Waals surface area contributed by atoms with Gasteiger partial charge in [0.15, 0.2) is 0 Å². The SMILES string of the molecule is c1ccc2c(c1)c1cnc(-n3c4ccccc4c4ccncc43)nc1c1nc(-n3c4ccccc4c4cc(-c5cnc6c(c5)c5ccccc5n6-c5ncc6c7ccccc7c7cnc(-n8c9ccccc9c9cccnc98)nc7c6n5)ncc43)ncc21. The average Bonchev–Trinajstić information content (AvgIpc) is 1.30. The number of rotatable bonds is 5. The molecule has 0 aliphatic carbocycles. The maximum Gasteiger partial charge on any atom is 0.236 e. The van der Waals surface area contributed by atoms with Gasteiger partial charge < -0.3 is 0 Å². The molecule has 0 aliphatic heterocycles. The Labute approximate surface area is 495 Å². The Morgan fingerprint density at radius 1 is 0.227 bits per heavy atom. The highest BCUT2D eigenvalue weighted by Gasteiger charge is 2.24. The standard InChI is InChI=1S/C72H38N16/c1-2-15-41-40(14-1)52-33-77-69(85-57-23-9-5-18-44(57)48-27-29-73-37-61(48)85)81-63(52)64-53(41)34-78-70(82-64)86-58-24-10-7-20-46(58)50-31-56(75-38-62(50)86)39-30-51-47-21-8-12-26-60(47)88(68(51)76-32-39)72-80-36-55-43-17-4-3-16-42(43)54-35-79-71(83-65(54)66(55)84-72)87-59-25-11-6-19-45(59)49-22-13-28-74-67(49)87/h1-38H. The third-order valence-corrected chi connectivity index (χ3v) is 17.6. The van der Waals surface area contributed by atoms with Gasteiger partial charge in [-0.3, -0.25) is 28.2 Å². The van der Waals surface area contributed by atoms with Crippen LogP contribution in [0, 0.1) is 0 Å². The molecule has 0 saturated carbocycles. The van der Waals surface area contributed by atoms with Crippen LogP contribution < -0.4 is 0 Å². The molecule has 16 nitrogen and oxygen atoms in total. The second-order valence-electron chi connectivity index (χ2n) is 22.2. The van der Waals surface area contributed by atoms with Crippen molar-refractivity contribution in [1.29, 1.82) is 0 Å². The largest absolute Gasteiger partial charge is 0.276 e. The van der Waals surface area contributed by atoms with Gasteiger partial charge in [-0.05, 0) is 76.1 Å². The van der Waals surface area contributed by atoms with Gasteiger partial charge in [0.2, 0.25) is 23.8 Å². The zero-order valence-corrected chi connectivity index (χ0v) is 46.1. The fourth-order valence-corrected chi connectivity index (χ4v) is 13.8. The molecule has 0 atom stereocenters. The van der Waals surface area contributed by atoms with E-state index in [0.717, 1.165) is 142 Å². The van der Waals surface area contributed by atoms with Gasteiger partial charge in [-0.1, -0.05) is 121 Å². The number of benzene rings is 8. The Morgan fingerprint density at radius 2 is 0.614 bits per heavy atom. The molecular formula is C72H38N16. The summed E-state index contributed by atoms with van der Waals surface area (Å²) < 4.78 is 8.26. The minimum absolute atomic E-state index is 0.465. The highest BCUT2D eigenvalue weighted by molar-refractivity contribution is 6.25. The van der Waals surface area contributed by atoms with Crippen molar-refractivity contribution in [2.75, 3.05) is 0 Å². The molecule has 0 bridgehead atoms. The van der Waals surface area contributed by atoms with Gasteiger partial charge in [0.25, 0.3) is 0 Å². The molecule has 0 fully saturated rings. The van der Waals surface area contributed by atoms with E-state index in [0.29, 0.717) is 46.0 Å². The average molecular weight is 1130 g/mol. The molecule has 0 aliphatic rings. The summed E-state index contributed by atoms with van der Waals surface area (Å²) in [5.41, 5.74) is 11.5. The summed E-state index contributed by atoms with van der Waals surface area (Å²) in [7, 11) is 0. The fourth-order valence-electron chi connectivity index (χ4n) is 13.8. The van der Waals surface area contributed by atoms with E-state index in [9.17, 15) is 0 Å². The van der Waals surface area contributed by atoms with Gasteiger partial charge in [0.05, 0.1) is 51.2 Å². The lowest BCUT2D eigenvalue weighted by atomic mass is 10.0. The summed E-state index contributed by atoms with van der Waals surface area (Å²) in [6.45, 7) is 0. The van der Waals surface area contributed by atoms with Crippen LogP contribution in [0.1, 0.15) is 0 Å². The van der Waals surface area contributed by atoms with E-state index < -0.39 is 0 Å². The Kier molecular flexibility index (Phi) is 9.32. The molecule has 20 aromatic rings. The molecule has 406 valence electrons. The molecule has 0 unspecified atom stereocenters. The minimum Gasteiger partial charge on any atom is -0.276 e. The molecule has 16 heteroatoms. The molecule has 0 N–H and O–H groups in total. The third-order valence-electron chi connectivity index (χ3n) is 17.6. The van der Waals surface area contributed by atoms with Crippen LogP contribution in [0.3, 0.4) is 0 Å². The van der Waals surface area contributed by atoms with Crippen molar-refractivity contribution in [2.24, 2.45) is 0 Å². The number of nitrogens with zero attached hydrogens (tertiary/aromatic N) is 16. The van der Waals surface area contributed by atoms with Gasteiger partial charge in [-0.15, -0.1) is 0 Å². The van der Waals surface area contributed by atoms with Crippen LogP contribution >= 0.6 is 0 Å². The van der Waals surface area contributed by atoms with Gasteiger partial charge in [0.1, 0.15) is 33.4 Å². The molecule has 8 aromatic carbocycles. The van der Waals surface area contributed by atoms with Gasteiger partial charge in [-0.25, -0.2) is 49.8 Å². The number of aromatic nitrogens is 16. The maximum atomic E-state index is 5.47. The first kappa shape index (κ1) is 46.9. The summed E-state index contributed by atoms with van der Waals surface area (Å²) in [6.07, 6.45) is 17.0. The minimum atomic E-state index is 0.465. The van der Waals surface area contributed by atoms with Crippen molar-refractivity contribution >= 4 is 153 Å². The van der Waals surface area contributed by atoms with E-state index in [2.05, 4.69) is 123 Å². The third kappa shape index (κ3) is 6.40. The van der Waals surface area contributed by atoms with Crippen molar-refractivity contribution < 1.29 is 0 Å². The summed E-state index contributed by atoms with van der Waals surface area (Å²) in [5, 5.41) is 15.8. The number of para-hydroxylation sites is 4. The molecule has 12 aromatic heterocycles. The predicted molar refractivity (Wildman–Crippen MR) is 348 cm³/mol. The molecule has 0 saturated heterocycles. The van der Waals surface area contributed by atoms with Gasteiger partial charge in [-0.2, -0.15) is 0 Å². The first-order valence-corrected chi connectivity index (χ1v) is 28.8. The molecule has 0 radical (unpaired) electrons. The lowest BCUT2D eigenvalue weighted by Gasteiger charge is -2.13. The quantitative estimate of drug-likeness (QED) is 0.149. The zero-order chi connectivity index (χ0) is 57.3. The molecule has 0 amide bonds. The number of fused-ring (bicyclic) bond motifs is 24. The summed E-state index contributed by atoms with van der Waals surface area (Å²) in [4.78, 5) is 61.9. The molecule has 88 heavy (non-hydrogen) atoms. The Balaban J connectivity index is 0.739. The number of pyridine rings is 4. The second-order valence-corrected chi connectivity index (χ2v) is 22.2. The van der Waals surface area contributed by atoms with Crippen LogP contribution in [0.2, 0.25) is 0 Å². The normalized spacial score (nSPS) is 12.3. The van der Waals surface area contributed by atoms with Gasteiger partial charge >= 0.3 is 0 Å². The van der Waals surface area contributed by atoms with E-state index >= 15 is 0 Å². The molecule has 12 heterocycles. The van der Waals surface area contributed by atoms with Gasteiger partial charge in [0, 0.05) is 114 Å². The second kappa shape index (κ2) is 17.5. The monoisotopic (exact) mass is 1130 g/mol. The van der Waals surface area contributed by atoms with E-state index in [1.54, 1.807) is 0 Å². The topological polar surface area (TPSA) is 174 Å². The molecule has 20 rings (SSSR count). The van der Waals surface area contributed by atoms with Crippen LogP contribution in [0.25, 0.3) is 188 Å². The van der Waals surface area contributed by atoms with E-state index in [-0.39, 0.29) is 0 Å². The summed E-state index contributed by atoms with van der Waals surface area (Å²) in [5.74, 6) is 1.99. The molecule has 0 spiro atoms. The van der Waals surface area contributed by atoms with Crippen molar-refractivity contribution in [3.05, 3.63) is 232 Å². The summed E-state index contributed by atoms with van der Waals surface area (Å²) >= 11 is 0. The smallest absolute Gasteiger partial charge is 0.236 e. The lowest BCUT2D eigenvalue weighted by molar-refractivity contribution is 0.986.